The first-order chi connectivity index (χ1) is 6.09. The van der Waals surface area contributed by atoms with Gasteiger partial charge in [0.2, 0.25) is 10.0 Å². The first-order valence-electron chi connectivity index (χ1n) is 4.01. The van der Waals surface area contributed by atoms with Crippen molar-refractivity contribution in [3.63, 3.8) is 0 Å². The highest BCUT2D eigenvalue weighted by molar-refractivity contribution is 7.93. The Hall–Kier alpha value is -0.620. The third-order valence-corrected chi connectivity index (χ3v) is 4.75. The lowest BCUT2D eigenvalue weighted by Gasteiger charge is -2.03. The monoisotopic (exact) mass is 218 g/mol. The number of hydrogen-bond donors (Lipinski definition) is 1. The molecule has 1 aliphatic carbocycles. The van der Waals surface area contributed by atoms with E-state index in [0.29, 0.717) is 5.00 Å². The molecule has 1 fully saturated rings. The second kappa shape index (κ2) is 2.95. The summed E-state index contributed by atoms with van der Waals surface area (Å²) in [7, 11) is -3.11. The van der Waals surface area contributed by atoms with E-state index in [-0.39, 0.29) is 5.25 Å². The zero-order valence-corrected chi connectivity index (χ0v) is 8.78. The summed E-state index contributed by atoms with van der Waals surface area (Å²) >= 11 is 1.32. The molecular weight excluding hydrogens is 208 g/mol. The molecule has 1 aromatic heterocycles. The van der Waals surface area contributed by atoms with Crippen molar-refractivity contribution < 1.29 is 8.42 Å². The lowest BCUT2D eigenvalue weighted by atomic mass is 10.5. The van der Waals surface area contributed by atoms with Gasteiger partial charge in [0.1, 0.15) is 5.00 Å². The largest absolute Gasteiger partial charge is 0.273 e. The Morgan fingerprint density at radius 1 is 1.62 bits per heavy atom. The number of thiazole rings is 1. The molecule has 4 nitrogen and oxygen atoms in total. The van der Waals surface area contributed by atoms with Crippen molar-refractivity contribution >= 4 is 26.4 Å². The van der Waals surface area contributed by atoms with Crippen molar-refractivity contribution in [1.29, 1.82) is 0 Å². The number of nitrogens with zero attached hydrogens (tertiary/aromatic N) is 1. The van der Waals surface area contributed by atoms with Gasteiger partial charge in [-0.2, -0.15) is 0 Å². The van der Waals surface area contributed by atoms with Crippen LogP contribution in [0.15, 0.2) is 5.51 Å². The van der Waals surface area contributed by atoms with Gasteiger partial charge in [-0.25, -0.2) is 13.4 Å². The molecule has 13 heavy (non-hydrogen) atoms. The van der Waals surface area contributed by atoms with Gasteiger partial charge in [-0.15, -0.1) is 11.3 Å². The molecular formula is C7H10N2O2S2. The first-order valence-corrected chi connectivity index (χ1v) is 6.44. The van der Waals surface area contributed by atoms with Crippen molar-refractivity contribution in [3.8, 4) is 0 Å². The van der Waals surface area contributed by atoms with Crippen LogP contribution in [0.5, 0.6) is 0 Å². The number of anilines is 1. The standard InChI is InChI=1S/C7H10N2O2S2/c1-5-7(12-4-8-5)9-13(10,11)6-2-3-6/h4,6,9H,2-3H2,1H3. The molecule has 2 rings (SSSR count). The SMILES string of the molecule is Cc1ncsc1NS(=O)(=O)C1CC1. The van der Waals surface area contributed by atoms with E-state index in [4.69, 9.17) is 0 Å². The molecule has 0 saturated heterocycles. The quantitative estimate of drug-likeness (QED) is 0.833. The van der Waals surface area contributed by atoms with Crippen LogP contribution in [0.25, 0.3) is 0 Å². The summed E-state index contributed by atoms with van der Waals surface area (Å²) in [6.45, 7) is 1.79. The molecule has 1 aromatic rings. The normalized spacial score (nSPS) is 17.3. The second-order valence-electron chi connectivity index (χ2n) is 3.11. The van der Waals surface area contributed by atoms with Crippen molar-refractivity contribution in [2.24, 2.45) is 0 Å². The Bertz CT molecular complexity index is 406. The molecule has 0 amide bonds. The Morgan fingerprint density at radius 3 is 2.77 bits per heavy atom. The minimum absolute atomic E-state index is 0.172. The molecule has 0 spiro atoms. The van der Waals surface area contributed by atoms with Gasteiger partial charge in [0, 0.05) is 0 Å². The number of hydrogen-bond acceptors (Lipinski definition) is 4. The van der Waals surface area contributed by atoms with Crippen LogP contribution < -0.4 is 4.72 Å². The average molecular weight is 218 g/mol. The van der Waals surface area contributed by atoms with Crippen LogP contribution in [0.3, 0.4) is 0 Å². The van der Waals surface area contributed by atoms with E-state index in [0.717, 1.165) is 18.5 Å². The smallest absolute Gasteiger partial charge is 0.236 e. The van der Waals surface area contributed by atoms with Crippen LogP contribution in [0.1, 0.15) is 18.5 Å². The Labute approximate surface area is 81.1 Å². The third kappa shape index (κ3) is 1.83. The fourth-order valence-corrected chi connectivity index (χ4v) is 3.40. The molecule has 72 valence electrons. The maximum atomic E-state index is 11.5. The predicted molar refractivity (Wildman–Crippen MR) is 52.4 cm³/mol. The van der Waals surface area contributed by atoms with Gasteiger partial charge >= 0.3 is 0 Å². The minimum atomic E-state index is -3.11. The van der Waals surface area contributed by atoms with Gasteiger partial charge in [0.25, 0.3) is 0 Å². The first kappa shape index (κ1) is 8.96. The molecule has 1 saturated carbocycles. The molecule has 1 N–H and O–H groups in total. The van der Waals surface area contributed by atoms with Crippen molar-refractivity contribution in [1.82, 2.24) is 4.98 Å². The van der Waals surface area contributed by atoms with E-state index in [1.807, 2.05) is 0 Å². The van der Waals surface area contributed by atoms with Crippen LogP contribution in [0, 0.1) is 6.92 Å². The Morgan fingerprint density at radius 2 is 2.31 bits per heavy atom. The lowest BCUT2D eigenvalue weighted by Crippen LogP contribution is -2.17. The summed E-state index contributed by atoms with van der Waals surface area (Å²) in [6.07, 6.45) is 1.57. The highest BCUT2D eigenvalue weighted by atomic mass is 32.2. The Kier molecular flexibility index (Phi) is 2.03. The number of aromatic nitrogens is 1. The van der Waals surface area contributed by atoms with Crippen LogP contribution in [0.4, 0.5) is 5.00 Å². The highest BCUT2D eigenvalue weighted by Gasteiger charge is 2.36. The maximum Gasteiger partial charge on any atom is 0.236 e. The predicted octanol–water partition coefficient (Wildman–Crippen LogP) is 1.36. The average Bonchev–Trinajstić information content (AvgIpc) is 2.80. The number of aryl methyl sites for hydroxylation is 1. The molecule has 0 aromatic carbocycles. The van der Waals surface area contributed by atoms with Gasteiger partial charge < -0.3 is 0 Å². The van der Waals surface area contributed by atoms with Gasteiger partial charge in [0.15, 0.2) is 0 Å². The van der Waals surface area contributed by atoms with Crippen LogP contribution in [-0.4, -0.2) is 18.7 Å². The molecule has 1 heterocycles. The summed E-state index contributed by atoms with van der Waals surface area (Å²) in [5, 5.41) is 0.473. The fraction of sp³-hybridized carbons (Fsp3) is 0.571. The van der Waals surface area contributed by atoms with E-state index < -0.39 is 10.0 Å². The minimum Gasteiger partial charge on any atom is -0.273 e. The van der Waals surface area contributed by atoms with Crippen LogP contribution in [0.2, 0.25) is 0 Å². The topological polar surface area (TPSA) is 59.1 Å². The van der Waals surface area contributed by atoms with Gasteiger partial charge in [-0.3, -0.25) is 4.72 Å². The fourth-order valence-electron chi connectivity index (χ4n) is 0.991. The van der Waals surface area contributed by atoms with Crippen molar-refractivity contribution in [2.45, 2.75) is 25.0 Å². The highest BCUT2D eigenvalue weighted by Crippen LogP contribution is 2.31. The molecule has 0 bridgehead atoms. The third-order valence-electron chi connectivity index (χ3n) is 1.94. The molecule has 0 atom stereocenters. The summed E-state index contributed by atoms with van der Waals surface area (Å²) in [5.41, 5.74) is 2.38. The van der Waals surface area contributed by atoms with E-state index in [1.54, 1.807) is 12.4 Å². The zero-order valence-electron chi connectivity index (χ0n) is 7.15. The second-order valence-corrected chi connectivity index (χ2v) is 5.93. The lowest BCUT2D eigenvalue weighted by molar-refractivity contribution is 0.600. The van der Waals surface area contributed by atoms with Gasteiger partial charge in [-0.1, -0.05) is 0 Å². The summed E-state index contributed by atoms with van der Waals surface area (Å²) in [4.78, 5) is 3.97. The molecule has 0 unspecified atom stereocenters. The molecule has 6 heteroatoms. The van der Waals surface area contributed by atoms with Gasteiger partial charge in [0.05, 0.1) is 16.5 Å². The van der Waals surface area contributed by atoms with E-state index >= 15 is 0 Å². The summed E-state index contributed by atoms with van der Waals surface area (Å²) < 4.78 is 25.5. The van der Waals surface area contributed by atoms with E-state index in [2.05, 4.69) is 9.71 Å². The molecule has 0 aliphatic heterocycles. The van der Waals surface area contributed by atoms with Crippen LogP contribution in [-0.2, 0) is 10.0 Å². The number of nitrogens with one attached hydrogen (secondary N) is 1. The maximum absolute atomic E-state index is 11.5. The van der Waals surface area contributed by atoms with E-state index in [9.17, 15) is 8.42 Å². The van der Waals surface area contributed by atoms with E-state index in [1.165, 1.54) is 11.3 Å². The molecule has 0 radical (unpaired) electrons. The zero-order chi connectivity index (χ0) is 9.47. The van der Waals surface area contributed by atoms with Gasteiger partial charge in [-0.05, 0) is 19.8 Å². The summed E-state index contributed by atoms with van der Waals surface area (Å²) in [6, 6.07) is 0. The van der Waals surface area contributed by atoms with Crippen LogP contribution >= 0.6 is 11.3 Å². The van der Waals surface area contributed by atoms with Crippen molar-refractivity contribution in [2.75, 3.05) is 4.72 Å². The van der Waals surface area contributed by atoms with Crippen molar-refractivity contribution in [3.05, 3.63) is 11.2 Å². The molecule has 1 aliphatic rings. The number of sulfonamides is 1. The number of rotatable bonds is 3. The summed E-state index contributed by atoms with van der Waals surface area (Å²) in [5.74, 6) is 0. The Balaban J connectivity index is 2.18.